The van der Waals surface area contributed by atoms with Gasteiger partial charge in [0.2, 0.25) is 0 Å². The molecule has 0 fully saturated rings. The van der Waals surface area contributed by atoms with Gasteiger partial charge in [-0.15, -0.1) is 0 Å². The molecular formula is H8Cl2MgN2. The predicted molar refractivity (Wildman–Crippen MR) is 17.7 cm³/mol. The summed E-state index contributed by atoms with van der Waals surface area (Å²) in [4.78, 5) is 0. The Morgan fingerprint density at radius 1 is 0.600 bits per heavy atom. The summed E-state index contributed by atoms with van der Waals surface area (Å²) in [5, 5.41) is 0. The highest BCUT2D eigenvalue weighted by Crippen LogP contribution is -0.381. The highest BCUT2D eigenvalue weighted by atomic mass is 35.5. The Morgan fingerprint density at radius 2 is 0.600 bits per heavy atom. The molecule has 8 N–H and O–H groups in total. The Bertz CT molecular complexity index is 7.61. The van der Waals surface area contributed by atoms with Crippen molar-refractivity contribution in [1.82, 2.24) is 12.3 Å². The van der Waals surface area contributed by atoms with Gasteiger partial charge in [0.05, 0.1) is 0 Å². The minimum absolute atomic E-state index is 0. The molecule has 5 heavy (non-hydrogen) atoms. The molecule has 2 nitrogen and oxygen atoms in total. The molecular weight excluding hydrogens is 123 g/mol. The van der Waals surface area contributed by atoms with Crippen LogP contribution < -0.4 is 37.1 Å². The fraction of sp³-hybridized carbons (Fsp3) is 0. The summed E-state index contributed by atoms with van der Waals surface area (Å²) >= 11 is 0. The first-order valence-corrected chi connectivity index (χ1v) is 0. The summed E-state index contributed by atoms with van der Waals surface area (Å²) < 4.78 is 0. The first kappa shape index (κ1) is 108. The number of hydrogen-bond acceptors (Lipinski definition) is 0. The number of quaternary nitrogens is 2. The van der Waals surface area contributed by atoms with Gasteiger partial charge in [-0.1, -0.05) is 0 Å². The Labute approximate surface area is 60.2 Å². The van der Waals surface area contributed by atoms with Gasteiger partial charge < -0.3 is 37.1 Å². The molecule has 0 aliphatic heterocycles. The molecule has 0 atom stereocenters. The quantitative estimate of drug-likeness (QED) is 0.308. The molecule has 0 aromatic rings. The van der Waals surface area contributed by atoms with Crippen LogP contribution in [0.15, 0.2) is 0 Å². The third kappa shape index (κ3) is 35.0. The second kappa shape index (κ2) is 59.8. The first-order chi connectivity index (χ1) is 0. The van der Waals surface area contributed by atoms with Gasteiger partial charge in [-0.2, -0.15) is 0 Å². The fourth-order valence-electron chi connectivity index (χ4n) is 0. The monoisotopic (exact) mass is 130 g/mol. The molecule has 0 bridgehead atoms. The normalized spacial score (nSPS) is 0. The summed E-state index contributed by atoms with van der Waals surface area (Å²) in [6.07, 6.45) is 0. The van der Waals surface area contributed by atoms with Crippen molar-refractivity contribution in [3.63, 3.8) is 0 Å². The average Bonchev–Trinajstić information content (AvgIpc) is 0. The average molecular weight is 131 g/mol. The smallest absolute Gasteiger partial charge is 0 e. The minimum atomic E-state index is 0. The Morgan fingerprint density at radius 3 is 0.600 bits per heavy atom. The molecule has 5 heteroatoms. The highest BCUT2D eigenvalue weighted by molar-refractivity contribution is 5.75. The van der Waals surface area contributed by atoms with Gasteiger partial charge in [-0.25, -0.2) is 0 Å². The van der Waals surface area contributed by atoms with Gasteiger partial charge in [0.15, 0.2) is 0 Å². The lowest BCUT2D eigenvalue weighted by Gasteiger charge is -1.00. The molecule has 0 heterocycles. The largest absolute Gasteiger partial charge is 1.00 e. The van der Waals surface area contributed by atoms with Crippen LogP contribution in [0.1, 0.15) is 0 Å². The van der Waals surface area contributed by atoms with Crippen molar-refractivity contribution in [2.75, 3.05) is 0 Å². The molecule has 0 rings (SSSR count). The lowest BCUT2D eigenvalue weighted by Crippen LogP contribution is -3.00. The molecule has 0 aromatic carbocycles. The maximum atomic E-state index is 0. The van der Waals surface area contributed by atoms with Gasteiger partial charge in [0, 0.05) is 23.1 Å². The van der Waals surface area contributed by atoms with E-state index in [-0.39, 0.29) is 60.2 Å². The van der Waals surface area contributed by atoms with Gasteiger partial charge in [0.25, 0.3) is 0 Å². The van der Waals surface area contributed by atoms with Crippen molar-refractivity contribution in [3.8, 4) is 0 Å². The van der Waals surface area contributed by atoms with Gasteiger partial charge in [-0.05, 0) is 0 Å². The zero-order chi connectivity index (χ0) is 0. The predicted octanol–water partition coefficient (Wildman–Crippen LogP) is -5.62. The summed E-state index contributed by atoms with van der Waals surface area (Å²) in [6, 6.07) is 0. The van der Waals surface area contributed by atoms with Gasteiger partial charge in [0.1, 0.15) is 0 Å². The summed E-state index contributed by atoms with van der Waals surface area (Å²) in [7, 11) is 0. The lowest BCUT2D eigenvalue weighted by atomic mass is 14.0. The lowest BCUT2D eigenvalue weighted by molar-refractivity contribution is -0.00100. The Hall–Kier alpha value is 1.27. The van der Waals surface area contributed by atoms with E-state index in [1.165, 1.54) is 0 Å². The molecule has 0 aliphatic rings. The fourth-order valence-corrected chi connectivity index (χ4v) is 0. The molecule has 0 aliphatic carbocycles. The zero-order valence-corrected chi connectivity index (χ0v) is 6.39. The number of halogens is 2. The minimum Gasteiger partial charge on any atom is -1.00 e. The maximum absolute atomic E-state index is 0. The van der Waals surface area contributed by atoms with E-state index in [2.05, 4.69) is 0 Å². The third-order valence-electron chi connectivity index (χ3n) is 0. The van der Waals surface area contributed by atoms with Crippen molar-refractivity contribution in [3.05, 3.63) is 0 Å². The van der Waals surface area contributed by atoms with Crippen LogP contribution >= 0.6 is 0 Å². The highest BCUT2D eigenvalue weighted by Gasteiger charge is 0.00000746. The second-order valence-electron chi connectivity index (χ2n) is 0. The number of rotatable bonds is 0. The van der Waals surface area contributed by atoms with E-state index in [0.717, 1.165) is 0 Å². The molecule has 0 unspecified atom stereocenters. The van der Waals surface area contributed by atoms with E-state index >= 15 is 0 Å². The van der Waals surface area contributed by atoms with Gasteiger partial charge in [-0.3, -0.25) is 0 Å². The number of hydrogen-bond donors (Lipinski definition) is 2. The van der Waals surface area contributed by atoms with E-state index in [1.807, 2.05) is 0 Å². The second-order valence-corrected chi connectivity index (χ2v) is 0. The third-order valence-corrected chi connectivity index (χ3v) is 0. The topological polar surface area (TPSA) is 73.0 Å². The van der Waals surface area contributed by atoms with Crippen molar-refractivity contribution >= 4 is 23.1 Å². The van der Waals surface area contributed by atoms with E-state index in [4.69, 9.17) is 0 Å². The van der Waals surface area contributed by atoms with Crippen molar-refractivity contribution in [2.45, 2.75) is 0 Å². The summed E-state index contributed by atoms with van der Waals surface area (Å²) in [6.45, 7) is 0. The van der Waals surface area contributed by atoms with Crippen LogP contribution in [0, 0.1) is 0 Å². The van der Waals surface area contributed by atoms with Gasteiger partial charge >= 0.3 is 0 Å². The van der Waals surface area contributed by atoms with Crippen LogP contribution in [0.5, 0.6) is 0 Å². The first-order valence-electron chi connectivity index (χ1n) is 0. The maximum Gasteiger partial charge on any atom is 0 e. The standard InChI is InChI=1S/2ClH.Mg.2H3N/h2*1H;;2*1H3. The zero-order valence-electron chi connectivity index (χ0n) is 3.46. The van der Waals surface area contributed by atoms with Crippen LogP contribution in [0.4, 0.5) is 0 Å². The Kier molecular flexibility index (Phi) is 1300. The Balaban J connectivity index is 0. The summed E-state index contributed by atoms with van der Waals surface area (Å²) in [5.41, 5.74) is 0. The summed E-state index contributed by atoms with van der Waals surface area (Å²) in [5.74, 6) is 0. The van der Waals surface area contributed by atoms with E-state index in [0.29, 0.717) is 0 Å². The van der Waals surface area contributed by atoms with Crippen LogP contribution in [0.25, 0.3) is 0 Å². The molecule has 2 radical (unpaired) electrons. The molecule has 34 valence electrons. The van der Waals surface area contributed by atoms with E-state index in [1.54, 1.807) is 0 Å². The van der Waals surface area contributed by atoms with Crippen LogP contribution in [-0.2, 0) is 0 Å². The molecule has 0 aromatic heterocycles. The molecule has 0 saturated carbocycles. The molecule has 0 spiro atoms. The van der Waals surface area contributed by atoms with Crippen LogP contribution in [-0.4, -0.2) is 23.1 Å². The molecule has 0 amide bonds. The van der Waals surface area contributed by atoms with Crippen molar-refractivity contribution in [1.29, 1.82) is 0 Å². The SMILES string of the molecule is [Cl-].[Cl-].[Mg].[NH4+].[NH4+]. The molecule has 0 saturated heterocycles. The van der Waals surface area contributed by atoms with Crippen LogP contribution in [0.3, 0.4) is 0 Å². The van der Waals surface area contributed by atoms with E-state index in [9.17, 15) is 0 Å². The van der Waals surface area contributed by atoms with Crippen molar-refractivity contribution < 1.29 is 24.8 Å². The van der Waals surface area contributed by atoms with Crippen LogP contribution in [0.2, 0.25) is 0 Å². The van der Waals surface area contributed by atoms with Crippen molar-refractivity contribution in [2.24, 2.45) is 0 Å². The van der Waals surface area contributed by atoms with E-state index < -0.39 is 0 Å².